The lowest BCUT2D eigenvalue weighted by atomic mass is 9.95. The van der Waals surface area contributed by atoms with Gasteiger partial charge >= 0.3 is 0 Å². The Morgan fingerprint density at radius 3 is 2.32 bits per heavy atom. The predicted molar refractivity (Wildman–Crippen MR) is 105 cm³/mol. The molecule has 0 N–H and O–H groups in total. The predicted octanol–water partition coefficient (Wildman–Crippen LogP) is 4.32. The molecule has 0 aliphatic carbocycles. The average Bonchev–Trinajstić information content (AvgIpc) is 2.64. The van der Waals surface area contributed by atoms with Crippen molar-refractivity contribution in [1.82, 2.24) is 9.80 Å². The van der Waals surface area contributed by atoms with Crippen LogP contribution >= 0.6 is 15.9 Å². The molecule has 3 nitrogen and oxygen atoms in total. The summed E-state index contributed by atoms with van der Waals surface area (Å²) in [5, 5.41) is 0. The molecule has 0 radical (unpaired) electrons. The minimum Gasteiger partial charge on any atom is -0.341 e. The largest absolute Gasteiger partial charge is 0.341 e. The van der Waals surface area contributed by atoms with E-state index in [1.165, 1.54) is 11.1 Å². The van der Waals surface area contributed by atoms with Gasteiger partial charge < -0.3 is 4.90 Å². The number of hydrogen-bond acceptors (Lipinski definition) is 2. The van der Waals surface area contributed by atoms with E-state index in [1.54, 1.807) is 0 Å². The molecule has 0 spiro atoms. The summed E-state index contributed by atoms with van der Waals surface area (Å²) in [6.45, 7) is 3.64. The minimum atomic E-state index is 0.162. The van der Waals surface area contributed by atoms with Gasteiger partial charge in [0.15, 0.2) is 0 Å². The van der Waals surface area contributed by atoms with E-state index in [9.17, 15) is 4.79 Å². The van der Waals surface area contributed by atoms with Crippen LogP contribution in [0.2, 0.25) is 0 Å². The lowest BCUT2D eigenvalue weighted by Crippen LogP contribution is -2.40. The molecule has 1 saturated heterocycles. The Morgan fingerprint density at radius 2 is 1.68 bits per heavy atom. The molecule has 0 unspecified atom stereocenters. The Morgan fingerprint density at radius 1 is 1.04 bits per heavy atom. The van der Waals surface area contributed by atoms with Crippen LogP contribution in [-0.2, 0) is 17.9 Å². The van der Waals surface area contributed by atoms with E-state index in [-0.39, 0.29) is 11.8 Å². The molecule has 1 aliphatic heterocycles. The number of carbonyl (C=O) groups excluding carboxylic acids is 1. The van der Waals surface area contributed by atoms with Gasteiger partial charge in [0.05, 0.1) is 0 Å². The zero-order valence-corrected chi connectivity index (χ0v) is 16.3. The van der Waals surface area contributed by atoms with Crippen LogP contribution in [0.25, 0.3) is 0 Å². The molecular formula is C21H25BrN2O. The molecule has 25 heavy (non-hydrogen) atoms. The van der Waals surface area contributed by atoms with E-state index < -0.39 is 0 Å². The first kappa shape index (κ1) is 18.2. The molecule has 0 bridgehead atoms. The van der Waals surface area contributed by atoms with Crippen LogP contribution < -0.4 is 0 Å². The van der Waals surface area contributed by atoms with Crippen LogP contribution in [0.5, 0.6) is 0 Å². The van der Waals surface area contributed by atoms with E-state index in [0.29, 0.717) is 6.54 Å². The number of piperidine rings is 1. The molecule has 0 atom stereocenters. The topological polar surface area (TPSA) is 23.6 Å². The van der Waals surface area contributed by atoms with Crippen LogP contribution in [0, 0.1) is 5.92 Å². The van der Waals surface area contributed by atoms with Crippen molar-refractivity contribution in [2.24, 2.45) is 5.92 Å². The summed E-state index contributed by atoms with van der Waals surface area (Å²) < 4.78 is 1.11. The zero-order valence-electron chi connectivity index (χ0n) is 14.7. The lowest BCUT2D eigenvalue weighted by Gasteiger charge is -2.33. The van der Waals surface area contributed by atoms with Crippen LogP contribution in [-0.4, -0.2) is 35.8 Å². The van der Waals surface area contributed by atoms with Gasteiger partial charge in [0.25, 0.3) is 0 Å². The monoisotopic (exact) mass is 400 g/mol. The van der Waals surface area contributed by atoms with Gasteiger partial charge in [-0.1, -0.05) is 58.4 Å². The maximum absolute atomic E-state index is 12.7. The number of halogens is 1. The summed E-state index contributed by atoms with van der Waals surface area (Å²) in [5.74, 6) is 0.446. The fraction of sp³-hybridized carbons (Fsp3) is 0.381. The van der Waals surface area contributed by atoms with E-state index in [2.05, 4.69) is 57.2 Å². The molecule has 2 aromatic rings. The first-order valence-electron chi connectivity index (χ1n) is 8.87. The van der Waals surface area contributed by atoms with Crippen molar-refractivity contribution in [2.45, 2.75) is 25.9 Å². The van der Waals surface area contributed by atoms with Crippen LogP contribution in [0.1, 0.15) is 24.0 Å². The molecule has 1 aliphatic rings. The highest BCUT2D eigenvalue weighted by Gasteiger charge is 2.27. The molecule has 1 fully saturated rings. The Hall–Kier alpha value is -1.65. The van der Waals surface area contributed by atoms with Crippen molar-refractivity contribution >= 4 is 21.8 Å². The van der Waals surface area contributed by atoms with Crippen molar-refractivity contribution in [3.05, 3.63) is 70.2 Å². The number of carbonyl (C=O) groups is 1. The summed E-state index contributed by atoms with van der Waals surface area (Å²) in [7, 11) is 1.92. The van der Waals surface area contributed by atoms with Crippen molar-refractivity contribution < 1.29 is 4.79 Å². The Bertz CT molecular complexity index is 679. The summed E-state index contributed by atoms with van der Waals surface area (Å²) in [6, 6.07) is 18.7. The highest BCUT2D eigenvalue weighted by molar-refractivity contribution is 9.10. The van der Waals surface area contributed by atoms with E-state index in [1.807, 2.05) is 30.1 Å². The molecule has 4 heteroatoms. The molecule has 2 aromatic carbocycles. The van der Waals surface area contributed by atoms with Gasteiger partial charge in [0, 0.05) is 30.5 Å². The summed E-state index contributed by atoms with van der Waals surface area (Å²) in [5.41, 5.74) is 2.51. The SMILES string of the molecule is CN(Cc1ccccc1)C(=O)C1CCN(Cc2ccc(Br)cc2)CC1. The number of likely N-dealkylation sites (tertiary alicyclic amines) is 1. The van der Waals surface area contributed by atoms with Gasteiger partial charge in [-0.3, -0.25) is 9.69 Å². The van der Waals surface area contributed by atoms with E-state index in [4.69, 9.17) is 0 Å². The third-order valence-electron chi connectivity index (χ3n) is 4.90. The van der Waals surface area contributed by atoms with Crippen LogP contribution in [0.15, 0.2) is 59.1 Å². The molecule has 132 valence electrons. The fourth-order valence-corrected chi connectivity index (χ4v) is 3.70. The molecule has 0 saturated carbocycles. The van der Waals surface area contributed by atoms with Gasteiger partial charge in [-0.2, -0.15) is 0 Å². The number of nitrogens with zero attached hydrogens (tertiary/aromatic N) is 2. The maximum Gasteiger partial charge on any atom is 0.225 e. The van der Waals surface area contributed by atoms with Crippen molar-refractivity contribution in [3.63, 3.8) is 0 Å². The van der Waals surface area contributed by atoms with E-state index in [0.717, 1.165) is 36.9 Å². The van der Waals surface area contributed by atoms with Gasteiger partial charge in [0.2, 0.25) is 5.91 Å². The van der Waals surface area contributed by atoms with Gasteiger partial charge in [-0.25, -0.2) is 0 Å². The first-order chi connectivity index (χ1) is 12.1. The molecule has 0 aromatic heterocycles. The third-order valence-corrected chi connectivity index (χ3v) is 5.42. The zero-order chi connectivity index (χ0) is 17.6. The smallest absolute Gasteiger partial charge is 0.225 e. The summed E-state index contributed by atoms with van der Waals surface area (Å²) in [4.78, 5) is 17.0. The number of hydrogen-bond donors (Lipinski definition) is 0. The summed E-state index contributed by atoms with van der Waals surface area (Å²) in [6.07, 6.45) is 1.91. The molecule has 3 rings (SSSR count). The van der Waals surface area contributed by atoms with Crippen molar-refractivity contribution in [2.75, 3.05) is 20.1 Å². The number of benzene rings is 2. The van der Waals surface area contributed by atoms with Gasteiger partial charge in [-0.05, 0) is 49.2 Å². The Kier molecular flexibility index (Phi) is 6.27. The molecular weight excluding hydrogens is 376 g/mol. The Balaban J connectivity index is 1.48. The quantitative estimate of drug-likeness (QED) is 0.745. The Labute approximate surface area is 158 Å². The summed E-state index contributed by atoms with van der Waals surface area (Å²) >= 11 is 3.48. The highest BCUT2D eigenvalue weighted by Crippen LogP contribution is 2.22. The van der Waals surface area contributed by atoms with Crippen molar-refractivity contribution in [1.29, 1.82) is 0 Å². The van der Waals surface area contributed by atoms with Crippen molar-refractivity contribution in [3.8, 4) is 0 Å². The normalized spacial score (nSPS) is 15.9. The second kappa shape index (κ2) is 8.63. The standard InChI is InChI=1S/C21H25BrN2O/c1-23(15-17-5-3-2-4-6-17)21(25)19-11-13-24(14-12-19)16-18-7-9-20(22)10-8-18/h2-10,19H,11-16H2,1H3. The fourth-order valence-electron chi connectivity index (χ4n) is 3.43. The average molecular weight is 401 g/mol. The molecule has 1 amide bonds. The molecule has 1 heterocycles. The van der Waals surface area contributed by atoms with Crippen LogP contribution in [0.4, 0.5) is 0 Å². The second-order valence-electron chi connectivity index (χ2n) is 6.86. The number of rotatable bonds is 5. The van der Waals surface area contributed by atoms with Crippen LogP contribution in [0.3, 0.4) is 0 Å². The van der Waals surface area contributed by atoms with E-state index >= 15 is 0 Å². The van der Waals surface area contributed by atoms with Gasteiger partial charge in [-0.15, -0.1) is 0 Å². The highest BCUT2D eigenvalue weighted by atomic mass is 79.9. The lowest BCUT2D eigenvalue weighted by molar-refractivity contribution is -0.136. The second-order valence-corrected chi connectivity index (χ2v) is 7.77. The number of amides is 1. The van der Waals surface area contributed by atoms with Gasteiger partial charge in [0.1, 0.15) is 0 Å². The minimum absolute atomic E-state index is 0.162. The third kappa shape index (κ3) is 5.16. The maximum atomic E-state index is 12.7. The first-order valence-corrected chi connectivity index (χ1v) is 9.67.